The lowest BCUT2D eigenvalue weighted by Crippen LogP contribution is -2.34. The van der Waals surface area contributed by atoms with Gasteiger partial charge in [0.25, 0.3) is 0 Å². The first kappa shape index (κ1) is 14.7. The molecule has 1 aromatic rings. The molecule has 2 rings (SSSR count). The van der Waals surface area contributed by atoms with E-state index in [1.807, 2.05) is 32.0 Å². The molecule has 2 N–H and O–H groups in total. The molecule has 1 aliphatic rings. The number of ether oxygens (including phenoxy) is 2. The molecule has 0 aliphatic carbocycles. The van der Waals surface area contributed by atoms with Gasteiger partial charge in [0.2, 0.25) is 5.91 Å². The van der Waals surface area contributed by atoms with Gasteiger partial charge in [-0.05, 0) is 6.07 Å². The SMILES string of the molecule is CC(C)C(=O)NCCNCc1cccc2c1OCCO2. The van der Waals surface area contributed by atoms with Crippen molar-refractivity contribution in [2.45, 2.75) is 20.4 Å². The number of nitrogens with one attached hydrogen (secondary N) is 2. The van der Waals surface area contributed by atoms with Crippen LogP contribution in [0.25, 0.3) is 0 Å². The van der Waals surface area contributed by atoms with E-state index in [2.05, 4.69) is 10.6 Å². The van der Waals surface area contributed by atoms with Crippen LogP contribution in [0.2, 0.25) is 0 Å². The molecule has 5 nitrogen and oxygen atoms in total. The zero-order chi connectivity index (χ0) is 14.4. The summed E-state index contributed by atoms with van der Waals surface area (Å²) in [5.41, 5.74) is 1.08. The Morgan fingerprint density at radius 3 is 2.85 bits per heavy atom. The lowest BCUT2D eigenvalue weighted by molar-refractivity contribution is -0.123. The Balaban J connectivity index is 1.76. The molecular weight excluding hydrogens is 256 g/mol. The van der Waals surface area contributed by atoms with E-state index in [1.54, 1.807) is 0 Å². The topological polar surface area (TPSA) is 59.6 Å². The maximum Gasteiger partial charge on any atom is 0.222 e. The fourth-order valence-corrected chi connectivity index (χ4v) is 1.97. The quantitative estimate of drug-likeness (QED) is 0.771. The van der Waals surface area contributed by atoms with E-state index >= 15 is 0 Å². The molecule has 0 unspecified atom stereocenters. The fraction of sp³-hybridized carbons (Fsp3) is 0.533. The molecule has 0 spiro atoms. The summed E-state index contributed by atoms with van der Waals surface area (Å²) < 4.78 is 11.2. The Morgan fingerprint density at radius 2 is 2.05 bits per heavy atom. The minimum absolute atomic E-state index is 0.0293. The first-order chi connectivity index (χ1) is 9.68. The maximum absolute atomic E-state index is 11.4. The molecule has 1 amide bonds. The minimum Gasteiger partial charge on any atom is -0.486 e. The van der Waals surface area contributed by atoms with E-state index < -0.39 is 0 Å². The van der Waals surface area contributed by atoms with Crippen molar-refractivity contribution < 1.29 is 14.3 Å². The summed E-state index contributed by atoms with van der Waals surface area (Å²) in [4.78, 5) is 11.4. The molecule has 0 bridgehead atoms. The van der Waals surface area contributed by atoms with Gasteiger partial charge < -0.3 is 20.1 Å². The second-order valence-corrected chi connectivity index (χ2v) is 5.06. The predicted molar refractivity (Wildman–Crippen MR) is 77.0 cm³/mol. The van der Waals surface area contributed by atoms with Crippen molar-refractivity contribution in [3.05, 3.63) is 23.8 Å². The van der Waals surface area contributed by atoms with Gasteiger partial charge in [-0.2, -0.15) is 0 Å². The number of benzene rings is 1. The van der Waals surface area contributed by atoms with Crippen molar-refractivity contribution in [1.29, 1.82) is 0 Å². The number of carbonyl (C=O) groups is 1. The maximum atomic E-state index is 11.4. The van der Waals surface area contributed by atoms with Crippen LogP contribution in [0.15, 0.2) is 18.2 Å². The second kappa shape index (κ2) is 7.14. The number of hydrogen-bond donors (Lipinski definition) is 2. The zero-order valence-corrected chi connectivity index (χ0v) is 12.1. The van der Waals surface area contributed by atoms with Gasteiger partial charge in [0, 0.05) is 31.1 Å². The van der Waals surface area contributed by atoms with Gasteiger partial charge in [0.15, 0.2) is 11.5 Å². The molecule has 5 heteroatoms. The van der Waals surface area contributed by atoms with Crippen molar-refractivity contribution in [2.24, 2.45) is 5.92 Å². The van der Waals surface area contributed by atoms with Crippen LogP contribution >= 0.6 is 0 Å². The number of fused-ring (bicyclic) bond motifs is 1. The Hall–Kier alpha value is -1.75. The highest BCUT2D eigenvalue weighted by molar-refractivity contribution is 5.77. The monoisotopic (exact) mass is 278 g/mol. The van der Waals surface area contributed by atoms with Crippen LogP contribution in [0.5, 0.6) is 11.5 Å². The lowest BCUT2D eigenvalue weighted by Gasteiger charge is -2.21. The average molecular weight is 278 g/mol. The van der Waals surface area contributed by atoms with E-state index in [-0.39, 0.29) is 11.8 Å². The molecule has 0 saturated carbocycles. The summed E-state index contributed by atoms with van der Waals surface area (Å²) in [5.74, 6) is 1.75. The normalized spacial score (nSPS) is 13.3. The van der Waals surface area contributed by atoms with E-state index in [1.165, 1.54) is 0 Å². The van der Waals surface area contributed by atoms with Gasteiger partial charge in [-0.15, -0.1) is 0 Å². The van der Waals surface area contributed by atoms with E-state index in [4.69, 9.17) is 9.47 Å². The third-order valence-electron chi connectivity index (χ3n) is 3.09. The van der Waals surface area contributed by atoms with Gasteiger partial charge in [-0.3, -0.25) is 4.79 Å². The van der Waals surface area contributed by atoms with Crippen LogP contribution in [0.3, 0.4) is 0 Å². The smallest absolute Gasteiger partial charge is 0.222 e. The first-order valence-electron chi connectivity index (χ1n) is 7.04. The highest BCUT2D eigenvalue weighted by atomic mass is 16.6. The highest BCUT2D eigenvalue weighted by Gasteiger charge is 2.14. The number of para-hydroxylation sites is 1. The molecule has 1 aliphatic heterocycles. The van der Waals surface area contributed by atoms with Crippen molar-refractivity contribution >= 4 is 5.91 Å². The largest absolute Gasteiger partial charge is 0.486 e. The third kappa shape index (κ3) is 3.87. The van der Waals surface area contributed by atoms with Crippen LogP contribution in [-0.4, -0.2) is 32.2 Å². The Labute approximate surface area is 119 Å². The third-order valence-corrected chi connectivity index (χ3v) is 3.09. The van der Waals surface area contributed by atoms with Crippen LogP contribution in [0.1, 0.15) is 19.4 Å². The molecule has 0 saturated heterocycles. The van der Waals surface area contributed by atoms with Crippen molar-refractivity contribution in [2.75, 3.05) is 26.3 Å². The molecule has 20 heavy (non-hydrogen) atoms. The highest BCUT2D eigenvalue weighted by Crippen LogP contribution is 2.33. The van der Waals surface area contributed by atoms with Crippen LogP contribution in [0, 0.1) is 5.92 Å². The Kier molecular flexibility index (Phi) is 5.24. The summed E-state index contributed by atoms with van der Waals surface area (Å²) in [7, 11) is 0. The summed E-state index contributed by atoms with van der Waals surface area (Å²) in [5, 5.41) is 6.17. The fourth-order valence-electron chi connectivity index (χ4n) is 1.97. The predicted octanol–water partition coefficient (Wildman–Crippen LogP) is 1.32. The van der Waals surface area contributed by atoms with Crippen molar-refractivity contribution in [1.82, 2.24) is 10.6 Å². The average Bonchev–Trinajstić information content (AvgIpc) is 2.46. The summed E-state index contributed by atoms with van der Waals surface area (Å²) >= 11 is 0. The van der Waals surface area contributed by atoms with Crippen LogP contribution in [0.4, 0.5) is 0 Å². The molecule has 1 aromatic carbocycles. The van der Waals surface area contributed by atoms with Crippen molar-refractivity contribution in [3.63, 3.8) is 0 Å². The van der Waals surface area contributed by atoms with Crippen molar-refractivity contribution in [3.8, 4) is 11.5 Å². The summed E-state index contributed by atoms with van der Waals surface area (Å²) in [6.45, 7) is 7.02. The minimum atomic E-state index is 0.0293. The van der Waals surface area contributed by atoms with Gasteiger partial charge >= 0.3 is 0 Å². The molecule has 0 fully saturated rings. The second-order valence-electron chi connectivity index (χ2n) is 5.06. The zero-order valence-electron chi connectivity index (χ0n) is 12.1. The molecule has 110 valence electrons. The number of rotatable bonds is 6. The van der Waals surface area contributed by atoms with Crippen LogP contribution in [-0.2, 0) is 11.3 Å². The summed E-state index contributed by atoms with van der Waals surface area (Å²) in [6.07, 6.45) is 0. The Morgan fingerprint density at radius 1 is 1.25 bits per heavy atom. The first-order valence-corrected chi connectivity index (χ1v) is 7.04. The van der Waals surface area contributed by atoms with E-state index in [9.17, 15) is 4.79 Å². The molecular formula is C15H22N2O3. The Bertz CT molecular complexity index is 460. The lowest BCUT2D eigenvalue weighted by atomic mass is 10.1. The number of amides is 1. The van der Waals surface area contributed by atoms with E-state index in [0.717, 1.165) is 23.6 Å². The van der Waals surface area contributed by atoms with Gasteiger partial charge in [0.05, 0.1) is 0 Å². The van der Waals surface area contributed by atoms with Gasteiger partial charge in [0.1, 0.15) is 13.2 Å². The van der Waals surface area contributed by atoms with Gasteiger partial charge in [-0.25, -0.2) is 0 Å². The molecule has 0 aromatic heterocycles. The van der Waals surface area contributed by atoms with Crippen LogP contribution < -0.4 is 20.1 Å². The number of carbonyl (C=O) groups excluding carboxylic acids is 1. The van der Waals surface area contributed by atoms with E-state index in [0.29, 0.717) is 26.3 Å². The number of hydrogen-bond acceptors (Lipinski definition) is 4. The molecule has 0 radical (unpaired) electrons. The molecule has 0 atom stereocenters. The summed E-state index contributed by atoms with van der Waals surface area (Å²) in [6, 6.07) is 5.90. The standard InChI is InChI=1S/C15H22N2O3/c1-11(2)15(18)17-7-6-16-10-12-4-3-5-13-14(12)20-9-8-19-13/h3-5,11,16H,6-10H2,1-2H3,(H,17,18). The van der Waals surface area contributed by atoms with Gasteiger partial charge in [-0.1, -0.05) is 26.0 Å². The molecule has 1 heterocycles.